The summed E-state index contributed by atoms with van der Waals surface area (Å²) in [5.41, 5.74) is 5.11. The lowest BCUT2D eigenvalue weighted by Gasteiger charge is -1.92. The van der Waals surface area contributed by atoms with Gasteiger partial charge in [-0.05, 0) is 24.3 Å². The second kappa shape index (κ2) is 10.3. The Hall–Kier alpha value is -3.06. The van der Waals surface area contributed by atoms with Crippen molar-refractivity contribution in [3.05, 3.63) is 78.9 Å². The zero-order valence-electron chi connectivity index (χ0n) is 14.2. The van der Waals surface area contributed by atoms with Crippen LogP contribution in [0.25, 0.3) is 0 Å². The number of nitrogens with one attached hydrogen (secondary N) is 1. The smallest absolute Gasteiger partial charge is 0.294 e. The highest BCUT2D eigenvalue weighted by Crippen LogP contribution is 2.05. The van der Waals surface area contributed by atoms with Crippen molar-refractivity contribution >= 4 is 26.1 Å². The molecule has 1 amide bonds. The number of H-pyrrole nitrogens is 1. The molecule has 0 saturated heterocycles. The number of benzene rings is 2. The molecular formula is C16H17N3O7S2. The second-order valence-corrected chi connectivity index (χ2v) is 7.74. The summed E-state index contributed by atoms with van der Waals surface area (Å²) in [6, 6.07) is 14.8. The Morgan fingerprint density at radius 1 is 0.821 bits per heavy atom. The molecular weight excluding hydrogens is 410 g/mol. The molecule has 1 aromatic heterocycles. The van der Waals surface area contributed by atoms with Crippen molar-refractivity contribution in [2.75, 3.05) is 0 Å². The minimum Gasteiger partial charge on any atom is -0.364 e. The van der Waals surface area contributed by atoms with Gasteiger partial charge in [-0.2, -0.15) is 16.8 Å². The number of carbonyl (C=O) groups excluding carboxylic acids is 1. The van der Waals surface area contributed by atoms with Gasteiger partial charge in [0.1, 0.15) is 5.69 Å². The van der Waals surface area contributed by atoms with E-state index in [0.717, 1.165) is 0 Å². The van der Waals surface area contributed by atoms with E-state index in [4.69, 9.17) is 14.8 Å². The molecule has 0 atom stereocenters. The fraction of sp³-hybridized carbons (Fsp3) is 0. The quantitative estimate of drug-likeness (QED) is 0.452. The Labute approximate surface area is 161 Å². The van der Waals surface area contributed by atoms with Crippen LogP contribution < -0.4 is 5.73 Å². The van der Waals surface area contributed by atoms with Crippen molar-refractivity contribution in [3.8, 4) is 0 Å². The van der Waals surface area contributed by atoms with E-state index in [2.05, 4.69) is 9.97 Å². The van der Waals surface area contributed by atoms with Crippen LogP contribution in [0.5, 0.6) is 0 Å². The van der Waals surface area contributed by atoms with E-state index in [1.54, 1.807) is 36.4 Å². The number of carbonyl (C=O) groups is 1. The van der Waals surface area contributed by atoms with Crippen LogP contribution in [0.4, 0.5) is 0 Å². The van der Waals surface area contributed by atoms with Crippen molar-refractivity contribution in [2.45, 2.75) is 9.79 Å². The standard InChI is InChI=1S/2C6H6O3S.C4H5N3O/c2*7-10(8,9)6-4-2-1-3-5-6;5-4(8)3-1-6-2-7-3/h2*1-5H,(H,7,8,9);1-2H,(H2,5,8)(H,6,7). The zero-order valence-corrected chi connectivity index (χ0v) is 15.8. The first-order valence-corrected chi connectivity index (χ1v) is 10.2. The Balaban J connectivity index is 0.000000212. The highest BCUT2D eigenvalue weighted by atomic mass is 32.2. The highest BCUT2D eigenvalue weighted by molar-refractivity contribution is 7.86. The van der Waals surface area contributed by atoms with Crippen molar-refractivity contribution in [3.63, 3.8) is 0 Å². The maximum absolute atomic E-state index is 10.4. The molecule has 0 saturated carbocycles. The molecule has 0 radical (unpaired) electrons. The van der Waals surface area contributed by atoms with Gasteiger partial charge in [0.05, 0.1) is 16.1 Å². The molecule has 12 heteroatoms. The highest BCUT2D eigenvalue weighted by Gasteiger charge is 2.06. The molecule has 150 valence electrons. The fourth-order valence-corrected chi connectivity index (χ4v) is 2.58. The lowest BCUT2D eigenvalue weighted by atomic mass is 10.4. The van der Waals surface area contributed by atoms with E-state index in [0.29, 0.717) is 0 Å². The Morgan fingerprint density at radius 2 is 1.21 bits per heavy atom. The number of nitrogens with two attached hydrogens (primary N) is 1. The van der Waals surface area contributed by atoms with Crippen LogP contribution in [0.2, 0.25) is 0 Å². The molecule has 0 aliphatic carbocycles. The topological polar surface area (TPSA) is 181 Å². The maximum atomic E-state index is 10.4. The predicted molar refractivity (Wildman–Crippen MR) is 99.6 cm³/mol. The molecule has 10 nitrogen and oxygen atoms in total. The third-order valence-corrected chi connectivity index (χ3v) is 4.57. The van der Waals surface area contributed by atoms with E-state index in [9.17, 15) is 21.6 Å². The number of imidazole rings is 1. The molecule has 0 aliphatic rings. The zero-order chi connectivity index (χ0) is 21.2. The van der Waals surface area contributed by atoms with Gasteiger partial charge in [-0.1, -0.05) is 36.4 Å². The third-order valence-electron chi connectivity index (χ3n) is 2.83. The lowest BCUT2D eigenvalue weighted by molar-refractivity contribution is 0.0996. The molecule has 0 spiro atoms. The molecule has 0 bridgehead atoms. The maximum Gasteiger partial charge on any atom is 0.294 e. The molecule has 0 fully saturated rings. The lowest BCUT2D eigenvalue weighted by Crippen LogP contribution is -2.10. The normalized spacial score (nSPS) is 10.6. The molecule has 2 aromatic carbocycles. The van der Waals surface area contributed by atoms with Gasteiger partial charge >= 0.3 is 0 Å². The number of aromatic amines is 1. The van der Waals surface area contributed by atoms with E-state index in [1.165, 1.54) is 36.8 Å². The third kappa shape index (κ3) is 8.55. The van der Waals surface area contributed by atoms with E-state index in [1.807, 2.05) is 0 Å². The van der Waals surface area contributed by atoms with Gasteiger partial charge in [0.15, 0.2) is 0 Å². The van der Waals surface area contributed by atoms with Crippen LogP contribution in [-0.4, -0.2) is 41.8 Å². The summed E-state index contributed by atoms with van der Waals surface area (Å²) in [6.45, 7) is 0. The van der Waals surface area contributed by atoms with Crippen molar-refractivity contribution in [1.29, 1.82) is 0 Å². The SMILES string of the molecule is NC(=O)c1c[nH]cn1.O=S(=O)(O)c1ccccc1.O=S(=O)(O)c1ccccc1. The van der Waals surface area contributed by atoms with Gasteiger partial charge in [0.2, 0.25) is 0 Å². The number of nitrogens with zero attached hydrogens (tertiary/aromatic N) is 1. The summed E-state index contributed by atoms with van der Waals surface area (Å²) in [5.74, 6) is -0.508. The van der Waals surface area contributed by atoms with E-state index >= 15 is 0 Å². The summed E-state index contributed by atoms with van der Waals surface area (Å²) in [4.78, 5) is 16.2. The first kappa shape index (κ1) is 23.0. The second-order valence-electron chi connectivity index (χ2n) is 4.89. The molecule has 0 unspecified atom stereocenters. The number of hydrogen-bond donors (Lipinski definition) is 4. The van der Waals surface area contributed by atoms with E-state index < -0.39 is 26.1 Å². The molecule has 1 heterocycles. The molecule has 28 heavy (non-hydrogen) atoms. The monoisotopic (exact) mass is 427 g/mol. The van der Waals surface area contributed by atoms with Crippen LogP contribution in [0.3, 0.4) is 0 Å². The van der Waals surface area contributed by atoms with Crippen molar-refractivity contribution in [2.24, 2.45) is 5.73 Å². The fourth-order valence-electron chi connectivity index (χ4n) is 1.58. The van der Waals surface area contributed by atoms with Crippen molar-refractivity contribution < 1.29 is 30.7 Å². The molecule has 5 N–H and O–H groups in total. The number of hydrogen-bond acceptors (Lipinski definition) is 6. The summed E-state index contributed by atoms with van der Waals surface area (Å²) >= 11 is 0. The minimum absolute atomic E-state index is 0.0741. The first-order valence-electron chi connectivity index (χ1n) is 7.35. The minimum atomic E-state index is -4.00. The number of aromatic nitrogens is 2. The Morgan fingerprint density at radius 3 is 1.39 bits per heavy atom. The van der Waals surface area contributed by atoms with Crippen LogP contribution in [-0.2, 0) is 20.2 Å². The molecule has 3 rings (SSSR count). The first-order chi connectivity index (χ1) is 13.0. The average Bonchev–Trinajstić information content (AvgIpc) is 3.18. The van der Waals surface area contributed by atoms with Gasteiger partial charge in [0.25, 0.3) is 26.1 Å². The summed E-state index contributed by atoms with van der Waals surface area (Å²) in [7, 11) is -8.01. The van der Waals surface area contributed by atoms with Crippen LogP contribution >= 0.6 is 0 Å². The largest absolute Gasteiger partial charge is 0.364 e. The average molecular weight is 427 g/mol. The predicted octanol–water partition coefficient (Wildman–Crippen LogP) is 1.38. The van der Waals surface area contributed by atoms with Crippen LogP contribution in [0.15, 0.2) is 83.0 Å². The summed E-state index contributed by atoms with van der Waals surface area (Å²) < 4.78 is 58.5. The summed E-state index contributed by atoms with van der Waals surface area (Å²) in [5, 5.41) is 0. The van der Waals surface area contributed by atoms with Crippen LogP contribution in [0.1, 0.15) is 10.5 Å². The number of amides is 1. The van der Waals surface area contributed by atoms with Gasteiger partial charge < -0.3 is 10.7 Å². The van der Waals surface area contributed by atoms with E-state index in [-0.39, 0.29) is 15.5 Å². The van der Waals surface area contributed by atoms with Gasteiger partial charge in [-0.25, -0.2) is 4.98 Å². The number of primary amides is 1. The number of rotatable bonds is 3. The Bertz CT molecular complexity index is 1000. The van der Waals surface area contributed by atoms with Gasteiger partial charge in [0, 0.05) is 6.20 Å². The van der Waals surface area contributed by atoms with Gasteiger partial charge in [-0.3, -0.25) is 13.9 Å². The molecule has 3 aromatic rings. The van der Waals surface area contributed by atoms with Gasteiger partial charge in [-0.15, -0.1) is 0 Å². The van der Waals surface area contributed by atoms with Crippen LogP contribution in [0, 0.1) is 0 Å². The van der Waals surface area contributed by atoms with Crippen molar-refractivity contribution in [1.82, 2.24) is 9.97 Å². The summed E-state index contributed by atoms with van der Waals surface area (Å²) in [6.07, 6.45) is 2.85. The Kier molecular flexibility index (Phi) is 8.47. The molecule has 0 aliphatic heterocycles.